The molecule has 90 valence electrons. The van der Waals surface area contributed by atoms with Gasteiger partial charge in [0.1, 0.15) is 0 Å². The molecule has 1 unspecified atom stereocenters. The second kappa shape index (κ2) is 5.34. The summed E-state index contributed by atoms with van der Waals surface area (Å²) >= 11 is 0. The molecule has 1 fully saturated rings. The lowest BCUT2D eigenvalue weighted by Crippen LogP contribution is -2.45. The van der Waals surface area contributed by atoms with Crippen molar-refractivity contribution in [3.05, 3.63) is 12.4 Å². The van der Waals surface area contributed by atoms with Crippen LogP contribution in [-0.4, -0.2) is 35.5 Å². The number of piperidine rings is 1. The Kier molecular flexibility index (Phi) is 3.83. The van der Waals surface area contributed by atoms with Gasteiger partial charge in [-0.05, 0) is 25.8 Å². The van der Waals surface area contributed by atoms with Crippen LogP contribution in [0.4, 0.5) is 5.69 Å². The fraction of sp³-hybridized carbons (Fsp3) is 0.750. The highest BCUT2D eigenvalue weighted by molar-refractivity contribution is 5.42. The monoisotopic (exact) mass is 222 g/mol. The highest BCUT2D eigenvalue weighted by Crippen LogP contribution is 2.18. The van der Waals surface area contributed by atoms with Gasteiger partial charge in [-0.1, -0.05) is 6.92 Å². The molecule has 0 amide bonds. The van der Waals surface area contributed by atoms with E-state index in [4.69, 9.17) is 0 Å². The van der Waals surface area contributed by atoms with Gasteiger partial charge < -0.3 is 10.2 Å². The molecule has 2 heterocycles. The molecular formula is C12H22N4. The Bertz CT molecular complexity index is 321. The Labute approximate surface area is 97.6 Å². The first-order valence-corrected chi connectivity index (χ1v) is 6.26. The summed E-state index contributed by atoms with van der Waals surface area (Å²) < 4.78 is 1.87. The number of aryl methyl sites for hydroxylation is 1. The Hall–Kier alpha value is -1.03. The smallest absolute Gasteiger partial charge is 0.0752 e. The van der Waals surface area contributed by atoms with Crippen LogP contribution in [0.1, 0.15) is 26.2 Å². The summed E-state index contributed by atoms with van der Waals surface area (Å²) in [7, 11) is 1.97. The summed E-state index contributed by atoms with van der Waals surface area (Å²) in [5.74, 6) is 0. The fourth-order valence-corrected chi connectivity index (χ4v) is 2.30. The topological polar surface area (TPSA) is 33.1 Å². The molecule has 1 atom stereocenters. The van der Waals surface area contributed by atoms with Crippen LogP contribution in [0.3, 0.4) is 0 Å². The molecule has 4 nitrogen and oxygen atoms in total. The van der Waals surface area contributed by atoms with Crippen LogP contribution in [-0.2, 0) is 7.05 Å². The number of hydrogen-bond acceptors (Lipinski definition) is 3. The maximum absolute atomic E-state index is 4.23. The van der Waals surface area contributed by atoms with Crippen LogP contribution in [0.5, 0.6) is 0 Å². The van der Waals surface area contributed by atoms with Crippen molar-refractivity contribution in [2.24, 2.45) is 7.05 Å². The highest BCUT2D eigenvalue weighted by Gasteiger charge is 2.19. The Morgan fingerprint density at radius 1 is 1.56 bits per heavy atom. The molecule has 0 saturated carbocycles. The van der Waals surface area contributed by atoms with Gasteiger partial charge in [0.15, 0.2) is 0 Å². The average molecular weight is 222 g/mol. The predicted molar refractivity (Wildman–Crippen MR) is 66.7 cm³/mol. The zero-order chi connectivity index (χ0) is 11.4. The maximum Gasteiger partial charge on any atom is 0.0752 e. The first-order valence-electron chi connectivity index (χ1n) is 6.26. The van der Waals surface area contributed by atoms with Crippen LogP contribution in [0.2, 0.25) is 0 Å². The first-order chi connectivity index (χ1) is 7.79. The van der Waals surface area contributed by atoms with Gasteiger partial charge in [0, 0.05) is 32.4 Å². The summed E-state index contributed by atoms with van der Waals surface area (Å²) in [6.45, 7) is 5.63. The van der Waals surface area contributed by atoms with E-state index in [1.807, 2.05) is 17.9 Å². The molecule has 1 aliphatic rings. The summed E-state index contributed by atoms with van der Waals surface area (Å²) in [5.41, 5.74) is 1.26. The van der Waals surface area contributed by atoms with E-state index in [-0.39, 0.29) is 0 Å². The molecule has 4 heteroatoms. The molecule has 0 radical (unpaired) electrons. The second-order valence-corrected chi connectivity index (χ2v) is 4.61. The van der Waals surface area contributed by atoms with Crippen molar-refractivity contribution in [2.45, 2.75) is 32.2 Å². The van der Waals surface area contributed by atoms with E-state index in [1.54, 1.807) is 0 Å². The Morgan fingerprint density at radius 2 is 2.44 bits per heavy atom. The number of aromatic nitrogens is 2. The van der Waals surface area contributed by atoms with Gasteiger partial charge in [-0.15, -0.1) is 0 Å². The third-order valence-electron chi connectivity index (χ3n) is 3.16. The summed E-state index contributed by atoms with van der Waals surface area (Å²) in [6, 6.07) is 0.647. The lowest BCUT2D eigenvalue weighted by molar-refractivity contribution is 0.423. The number of nitrogens with zero attached hydrogens (tertiary/aromatic N) is 3. The molecule has 1 N–H and O–H groups in total. The normalized spacial score (nSPS) is 21.4. The standard InChI is InChI=1S/C12H22N4/c1-3-6-13-11-5-4-7-16(9-11)12-8-14-15(2)10-12/h8,10-11,13H,3-7,9H2,1-2H3. The second-order valence-electron chi connectivity index (χ2n) is 4.61. The maximum atomic E-state index is 4.23. The number of nitrogens with one attached hydrogen (secondary N) is 1. The van der Waals surface area contributed by atoms with E-state index >= 15 is 0 Å². The number of rotatable bonds is 4. The molecule has 0 spiro atoms. The minimum Gasteiger partial charge on any atom is -0.367 e. The molecule has 1 aliphatic heterocycles. The average Bonchev–Trinajstić information content (AvgIpc) is 2.74. The molecule has 2 rings (SSSR count). The van der Waals surface area contributed by atoms with Crippen LogP contribution in [0, 0.1) is 0 Å². The number of anilines is 1. The van der Waals surface area contributed by atoms with Crippen LogP contribution >= 0.6 is 0 Å². The van der Waals surface area contributed by atoms with E-state index in [0.717, 1.165) is 19.6 Å². The van der Waals surface area contributed by atoms with Gasteiger partial charge in [0.2, 0.25) is 0 Å². The van der Waals surface area contributed by atoms with Crippen molar-refractivity contribution < 1.29 is 0 Å². The van der Waals surface area contributed by atoms with Gasteiger partial charge in [-0.25, -0.2) is 0 Å². The first kappa shape index (κ1) is 11.5. The van der Waals surface area contributed by atoms with E-state index in [2.05, 4.69) is 28.4 Å². The van der Waals surface area contributed by atoms with Crippen LogP contribution in [0.15, 0.2) is 12.4 Å². The summed E-state index contributed by atoms with van der Waals surface area (Å²) in [5, 5.41) is 7.84. The third-order valence-corrected chi connectivity index (χ3v) is 3.16. The molecular weight excluding hydrogens is 200 g/mol. The lowest BCUT2D eigenvalue weighted by Gasteiger charge is -2.33. The van der Waals surface area contributed by atoms with Crippen molar-refractivity contribution >= 4 is 5.69 Å². The molecule has 0 aliphatic carbocycles. The van der Waals surface area contributed by atoms with Crippen molar-refractivity contribution in [1.82, 2.24) is 15.1 Å². The Balaban J connectivity index is 1.91. The summed E-state index contributed by atoms with van der Waals surface area (Å²) in [6.07, 6.45) is 7.85. The molecule has 1 saturated heterocycles. The van der Waals surface area contributed by atoms with E-state index < -0.39 is 0 Å². The quantitative estimate of drug-likeness (QED) is 0.835. The van der Waals surface area contributed by atoms with Gasteiger partial charge in [0.25, 0.3) is 0 Å². The molecule has 16 heavy (non-hydrogen) atoms. The molecule has 0 bridgehead atoms. The molecule has 1 aromatic rings. The zero-order valence-electron chi connectivity index (χ0n) is 10.3. The van der Waals surface area contributed by atoms with Crippen molar-refractivity contribution in [2.75, 3.05) is 24.5 Å². The van der Waals surface area contributed by atoms with Crippen molar-refractivity contribution in [3.63, 3.8) is 0 Å². The zero-order valence-corrected chi connectivity index (χ0v) is 10.3. The van der Waals surface area contributed by atoms with Crippen molar-refractivity contribution in [1.29, 1.82) is 0 Å². The number of hydrogen-bond donors (Lipinski definition) is 1. The molecule has 1 aromatic heterocycles. The van der Waals surface area contributed by atoms with E-state index in [9.17, 15) is 0 Å². The predicted octanol–water partition coefficient (Wildman–Crippen LogP) is 1.39. The van der Waals surface area contributed by atoms with Gasteiger partial charge >= 0.3 is 0 Å². The SMILES string of the molecule is CCCNC1CCCN(c2cnn(C)c2)C1. The largest absolute Gasteiger partial charge is 0.367 e. The molecule has 0 aromatic carbocycles. The van der Waals surface area contributed by atoms with Crippen LogP contribution < -0.4 is 10.2 Å². The van der Waals surface area contributed by atoms with Gasteiger partial charge in [0.05, 0.1) is 11.9 Å². The third kappa shape index (κ3) is 2.76. The van der Waals surface area contributed by atoms with E-state index in [1.165, 1.54) is 24.9 Å². The van der Waals surface area contributed by atoms with Crippen molar-refractivity contribution in [3.8, 4) is 0 Å². The highest BCUT2D eigenvalue weighted by atomic mass is 15.3. The van der Waals surface area contributed by atoms with Gasteiger partial charge in [-0.3, -0.25) is 4.68 Å². The minimum absolute atomic E-state index is 0.647. The Morgan fingerprint density at radius 3 is 3.12 bits per heavy atom. The van der Waals surface area contributed by atoms with E-state index in [0.29, 0.717) is 6.04 Å². The summed E-state index contributed by atoms with van der Waals surface area (Å²) in [4.78, 5) is 2.43. The van der Waals surface area contributed by atoms with Crippen LogP contribution in [0.25, 0.3) is 0 Å². The fourth-order valence-electron chi connectivity index (χ4n) is 2.30. The van der Waals surface area contributed by atoms with Gasteiger partial charge in [-0.2, -0.15) is 5.10 Å². The lowest BCUT2D eigenvalue weighted by atomic mass is 10.1. The minimum atomic E-state index is 0.647.